The standard InChI is InChI=1S/C17H24FN3O2/c1-2-3-15-14(10-19-20-15)17(22)21-8-9-23-16(11-21)12-4-6-13(18)7-5-12/h4-7,14-16,19-20H,2-3,8-11H2,1H3. The third-order valence-electron chi connectivity index (χ3n) is 4.63. The van der Waals surface area contributed by atoms with E-state index in [1.807, 2.05) is 4.90 Å². The van der Waals surface area contributed by atoms with E-state index in [2.05, 4.69) is 17.8 Å². The van der Waals surface area contributed by atoms with E-state index in [1.54, 1.807) is 12.1 Å². The minimum absolute atomic E-state index is 0.0260. The van der Waals surface area contributed by atoms with E-state index < -0.39 is 0 Å². The fourth-order valence-electron chi connectivity index (χ4n) is 3.35. The molecule has 3 atom stereocenters. The molecule has 5 nitrogen and oxygen atoms in total. The number of hydrazine groups is 1. The Hall–Kier alpha value is -1.50. The van der Waals surface area contributed by atoms with Gasteiger partial charge in [0, 0.05) is 19.1 Å². The number of halogens is 1. The van der Waals surface area contributed by atoms with Gasteiger partial charge in [-0.15, -0.1) is 0 Å². The van der Waals surface area contributed by atoms with Gasteiger partial charge in [0.1, 0.15) is 11.9 Å². The van der Waals surface area contributed by atoms with Crippen molar-refractivity contribution in [1.82, 2.24) is 15.8 Å². The maximum Gasteiger partial charge on any atom is 0.228 e. The molecule has 3 unspecified atom stereocenters. The van der Waals surface area contributed by atoms with Crippen LogP contribution in [0.15, 0.2) is 24.3 Å². The van der Waals surface area contributed by atoms with Gasteiger partial charge in [0.05, 0.1) is 19.1 Å². The van der Waals surface area contributed by atoms with E-state index >= 15 is 0 Å². The second-order valence-corrected chi connectivity index (χ2v) is 6.22. The summed E-state index contributed by atoms with van der Waals surface area (Å²) in [6.07, 6.45) is 1.85. The number of ether oxygens (including phenoxy) is 1. The van der Waals surface area contributed by atoms with E-state index in [4.69, 9.17) is 4.74 Å². The van der Waals surface area contributed by atoms with Crippen molar-refractivity contribution in [2.45, 2.75) is 31.9 Å². The van der Waals surface area contributed by atoms with E-state index in [9.17, 15) is 9.18 Å². The van der Waals surface area contributed by atoms with Crippen LogP contribution in [0.2, 0.25) is 0 Å². The largest absolute Gasteiger partial charge is 0.370 e. The lowest BCUT2D eigenvalue weighted by atomic mass is 9.96. The summed E-state index contributed by atoms with van der Waals surface area (Å²) in [5, 5.41) is 0. The molecular formula is C17H24FN3O2. The molecular weight excluding hydrogens is 297 g/mol. The van der Waals surface area contributed by atoms with Gasteiger partial charge < -0.3 is 9.64 Å². The van der Waals surface area contributed by atoms with Crippen molar-refractivity contribution in [2.24, 2.45) is 5.92 Å². The molecule has 2 heterocycles. The Labute approximate surface area is 136 Å². The number of morpholine rings is 1. The van der Waals surface area contributed by atoms with Gasteiger partial charge in [-0.05, 0) is 24.1 Å². The summed E-state index contributed by atoms with van der Waals surface area (Å²) in [5.74, 6) is -0.110. The van der Waals surface area contributed by atoms with Gasteiger partial charge in [-0.1, -0.05) is 25.5 Å². The third kappa shape index (κ3) is 3.71. The molecule has 2 saturated heterocycles. The van der Waals surface area contributed by atoms with Crippen LogP contribution in [-0.2, 0) is 9.53 Å². The number of benzene rings is 1. The molecule has 2 aliphatic heterocycles. The molecule has 2 fully saturated rings. The Kier molecular flexibility index (Phi) is 5.25. The number of carbonyl (C=O) groups is 1. The Morgan fingerprint density at radius 3 is 2.91 bits per heavy atom. The van der Waals surface area contributed by atoms with Crippen LogP contribution in [0.1, 0.15) is 31.4 Å². The van der Waals surface area contributed by atoms with Gasteiger partial charge in [0.15, 0.2) is 0 Å². The highest BCUT2D eigenvalue weighted by molar-refractivity contribution is 5.80. The third-order valence-corrected chi connectivity index (χ3v) is 4.63. The van der Waals surface area contributed by atoms with E-state index in [0.717, 1.165) is 18.4 Å². The average Bonchev–Trinajstić information content (AvgIpc) is 3.03. The highest BCUT2D eigenvalue weighted by Crippen LogP contribution is 2.25. The quantitative estimate of drug-likeness (QED) is 0.885. The number of amides is 1. The lowest BCUT2D eigenvalue weighted by Gasteiger charge is -2.35. The van der Waals surface area contributed by atoms with Crippen molar-refractivity contribution >= 4 is 5.91 Å². The van der Waals surface area contributed by atoms with Crippen molar-refractivity contribution in [3.05, 3.63) is 35.6 Å². The Morgan fingerprint density at radius 1 is 1.39 bits per heavy atom. The summed E-state index contributed by atoms with van der Waals surface area (Å²) >= 11 is 0. The van der Waals surface area contributed by atoms with Crippen LogP contribution in [-0.4, -0.2) is 43.1 Å². The van der Waals surface area contributed by atoms with Gasteiger partial charge in [-0.2, -0.15) is 0 Å². The number of carbonyl (C=O) groups excluding carboxylic acids is 1. The van der Waals surface area contributed by atoms with Gasteiger partial charge in [0.2, 0.25) is 5.91 Å². The van der Waals surface area contributed by atoms with E-state index in [-0.39, 0.29) is 29.8 Å². The molecule has 0 bridgehead atoms. The minimum Gasteiger partial charge on any atom is -0.370 e. The SMILES string of the molecule is CCCC1NNCC1C(=O)N1CCOC(c2ccc(F)cc2)C1. The molecule has 0 spiro atoms. The summed E-state index contributed by atoms with van der Waals surface area (Å²) in [5.41, 5.74) is 7.23. The molecule has 0 aromatic heterocycles. The molecule has 0 aliphatic carbocycles. The molecule has 1 aromatic carbocycles. The monoisotopic (exact) mass is 321 g/mol. The number of nitrogens with zero attached hydrogens (tertiary/aromatic N) is 1. The molecule has 3 rings (SSSR count). The highest BCUT2D eigenvalue weighted by atomic mass is 19.1. The Morgan fingerprint density at radius 2 is 2.17 bits per heavy atom. The number of hydrogen-bond acceptors (Lipinski definition) is 4. The first-order valence-corrected chi connectivity index (χ1v) is 8.33. The van der Waals surface area contributed by atoms with Crippen LogP contribution in [0.3, 0.4) is 0 Å². The van der Waals surface area contributed by atoms with Crippen LogP contribution in [0.25, 0.3) is 0 Å². The Balaban J connectivity index is 1.65. The summed E-state index contributed by atoms with van der Waals surface area (Å²) < 4.78 is 18.8. The van der Waals surface area contributed by atoms with Crippen LogP contribution < -0.4 is 10.9 Å². The first kappa shape index (κ1) is 16.4. The summed E-state index contributed by atoms with van der Waals surface area (Å²) in [7, 11) is 0. The molecule has 6 heteroatoms. The zero-order valence-corrected chi connectivity index (χ0v) is 13.4. The zero-order valence-electron chi connectivity index (χ0n) is 13.4. The van der Waals surface area contributed by atoms with Gasteiger partial charge in [-0.25, -0.2) is 4.39 Å². The number of hydrogen-bond donors (Lipinski definition) is 2. The lowest BCUT2D eigenvalue weighted by molar-refractivity contribution is -0.143. The Bertz CT molecular complexity index is 537. The summed E-state index contributed by atoms with van der Waals surface area (Å²) in [6.45, 7) is 4.45. The van der Waals surface area contributed by atoms with E-state index in [0.29, 0.717) is 26.2 Å². The number of rotatable bonds is 4. The predicted molar refractivity (Wildman–Crippen MR) is 85.0 cm³/mol. The molecule has 1 aromatic rings. The van der Waals surface area contributed by atoms with Crippen molar-refractivity contribution < 1.29 is 13.9 Å². The van der Waals surface area contributed by atoms with Gasteiger partial charge in [-0.3, -0.25) is 15.6 Å². The molecule has 126 valence electrons. The van der Waals surface area contributed by atoms with Crippen molar-refractivity contribution in [3.63, 3.8) is 0 Å². The van der Waals surface area contributed by atoms with Crippen LogP contribution in [0.5, 0.6) is 0 Å². The normalized spacial score (nSPS) is 28.1. The summed E-state index contributed by atoms with van der Waals surface area (Å²) in [4.78, 5) is 14.7. The van der Waals surface area contributed by atoms with Gasteiger partial charge in [0.25, 0.3) is 0 Å². The van der Waals surface area contributed by atoms with Crippen LogP contribution >= 0.6 is 0 Å². The van der Waals surface area contributed by atoms with Crippen molar-refractivity contribution in [2.75, 3.05) is 26.2 Å². The predicted octanol–water partition coefficient (Wildman–Crippen LogP) is 1.62. The molecule has 1 amide bonds. The smallest absolute Gasteiger partial charge is 0.228 e. The van der Waals surface area contributed by atoms with Crippen LogP contribution in [0.4, 0.5) is 4.39 Å². The molecule has 23 heavy (non-hydrogen) atoms. The first-order valence-electron chi connectivity index (χ1n) is 8.33. The molecule has 2 N–H and O–H groups in total. The lowest BCUT2D eigenvalue weighted by Crippen LogP contribution is -2.47. The summed E-state index contributed by atoms with van der Waals surface area (Å²) in [6, 6.07) is 6.52. The number of nitrogens with one attached hydrogen (secondary N) is 2. The fraction of sp³-hybridized carbons (Fsp3) is 0.588. The second kappa shape index (κ2) is 7.38. The topological polar surface area (TPSA) is 53.6 Å². The highest BCUT2D eigenvalue weighted by Gasteiger charge is 2.36. The first-order chi connectivity index (χ1) is 11.2. The van der Waals surface area contributed by atoms with E-state index in [1.165, 1.54) is 12.1 Å². The minimum atomic E-state index is -0.261. The zero-order chi connectivity index (χ0) is 16.2. The van der Waals surface area contributed by atoms with Crippen LogP contribution in [0, 0.1) is 11.7 Å². The molecule has 0 saturated carbocycles. The average molecular weight is 321 g/mol. The molecule has 0 radical (unpaired) electrons. The van der Waals surface area contributed by atoms with Gasteiger partial charge >= 0.3 is 0 Å². The fourth-order valence-corrected chi connectivity index (χ4v) is 3.35. The maximum atomic E-state index is 13.1. The van der Waals surface area contributed by atoms with Crippen molar-refractivity contribution in [1.29, 1.82) is 0 Å². The molecule has 2 aliphatic rings. The van der Waals surface area contributed by atoms with Crippen molar-refractivity contribution in [3.8, 4) is 0 Å². The second-order valence-electron chi connectivity index (χ2n) is 6.22. The maximum absolute atomic E-state index is 13.1.